The SMILES string of the molecule is CCCCC[C@@H](CN(O)C=O)C(=O)N(N)c1ncc(CC)cn1. The molecule has 0 aliphatic rings. The van der Waals surface area contributed by atoms with E-state index in [4.69, 9.17) is 5.84 Å². The summed E-state index contributed by atoms with van der Waals surface area (Å²) in [5.74, 6) is 4.90. The van der Waals surface area contributed by atoms with Crippen LogP contribution in [0.2, 0.25) is 0 Å². The zero-order valence-electron chi connectivity index (χ0n) is 13.7. The second-order valence-electron chi connectivity index (χ2n) is 5.37. The maximum absolute atomic E-state index is 12.5. The Bertz CT molecular complexity index is 494. The Balaban J connectivity index is 2.80. The highest BCUT2D eigenvalue weighted by Crippen LogP contribution is 2.15. The fraction of sp³-hybridized carbons (Fsp3) is 0.600. The van der Waals surface area contributed by atoms with Gasteiger partial charge in [0.2, 0.25) is 18.3 Å². The molecule has 0 aromatic carbocycles. The van der Waals surface area contributed by atoms with Crippen molar-refractivity contribution in [3.8, 4) is 0 Å². The first kappa shape index (κ1) is 19.0. The molecule has 1 rings (SSSR count). The number of carbonyl (C=O) groups is 2. The van der Waals surface area contributed by atoms with E-state index >= 15 is 0 Å². The zero-order valence-corrected chi connectivity index (χ0v) is 13.7. The molecule has 0 radical (unpaired) electrons. The molecule has 0 aliphatic heterocycles. The summed E-state index contributed by atoms with van der Waals surface area (Å²) >= 11 is 0. The minimum absolute atomic E-state index is 0.100. The van der Waals surface area contributed by atoms with E-state index in [9.17, 15) is 14.8 Å². The Hall–Kier alpha value is -2.06. The van der Waals surface area contributed by atoms with Crippen LogP contribution >= 0.6 is 0 Å². The first-order valence-electron chi connectivity index (χ1n) is 7.83. The summed E-state index contributed by atoms with van der Waals surface area (Å²) in [4.78, 5) is 31.3. The number of hydrogen-bond acceptors (Lipinski definition) is 6. The fourth-order valence-corrected chi connectivity index (χ4v) is 2.15. The largest absolute Gasteiger partial charge is 0.286 e. The van der Waals surface area contributed by atoms with Gasteiger partial charge >= 0.3 is 0 Å². The summed E-state index contributed by atoms with van der Waals surface area (Å²) < 4.78 is 0. The van der Waals surface area contributed by atoms with Crippen molar-refractivity contribution >= 4 is 18.3 Å². The van der Waals surface area contributed by atoms with Crippen molar-refractivity contribution in [1.29, 1.82) is 0 Å². The van der Waals surface area contributed by atoms with Gasteiger partial charge in [0.25, 0.3) is 0 Å². The van der Waals surface area contributed by atoms with Crippen molar-refractivity contribution in [2.75, 3.05) is 11.6 Å². The third-order valence-electron chi connectivity index (χ3n) is 3.59. The number of aryl methyl sites for hydroxylation is 1. The van der Waals surface area contributed by atoms with E-state index in [1.807, 2.05) is 6.92 Å². The monoisotopic (exact) mass is 323 g/mol. The van der Waals surface area contributed by atoms with Crippen molar-refractivity contribution in [3.05, 3.63) is 18.0 Å². The van der Waals surface area contributed by atoms with Crippen molar-refractivity contribution < 1.29 is 14.8 Å². The van der Waals surface area contributed by atoms with Crippen LogP contribution in [0, 0.1) is 5.92 Å². The maximum atomic E-state index is 12.5. The van der Waals surface area contributed by atoms with Crippen molar-refractivity contribution in [1.82, 2.24) is 15.0 Å². The first-order chi connectivity index (χ1) is 11.0. The van der Waals surface area contributed by atoms with E-state index in [1.165, 1.54) is 0 Å². The second kappa shape index (κ2) is 9.86. The molecule has 0 spiro atoms. The average Bonchev–Trinajstić information content (AvgIpc) is 2.59. The van der Waals surface area contributed by atoms with Crippen molar-refractivity contribution in [2.24, 2.45) is 11.8 Å². The van der Waals surface area contributed by atoms with Gasteiger partial charge in [0.15, 0.2) is 0 Å². The standard InChI is InChI=1S/C15H25N5O3/c1-3-5-6-7-13(10-19(23)11-21)14(22)20(16)15-17-8-12(4-2)9-18-15/h8-9,11,13,23H,3-7,10,16H2,1-2H3/t13-/m0/s1. The highest BCUT2D eigenvalue weighted by atomic mass is 16.5. The summed E-state index contributed by atoms with van der Waals surface area (Å²) in [5.41, 5.74) is 0.941. The van der Waals surface area contributed by atoms with Gasteiger partial charge in [-0.2, -0.15) is 0 Å². The van der Waals surface area contributed by atoms with E-state index in [-0.39, 0.29) is 18.9 Å². The molecular weight excluding hydrogens is 298 g/mol. The quantitative estimate of drug-likeness (QED) is 0.167. The molecule has 0 saturated heterocycles. The van der Waals surface area contributed by atoms with Crippen molar-refractivity contribution in [3.63, 3.8) is 0 Å². The first-order valence-corrected chi connectivity index (χ1v) is 7.83. The van der Waals surface area contributed by atoms with Crippen LogP contribution in [-0.2, 0) is 16.0 Å². The Kier molecular flexibility index (Phi) is 8.14. The van der Waals surface area contributed by atoms with Crippen LogP contribution in [0.5, 0.6) is 0 Å². The molecule has 2 amide bonds. The lowest BCUT2D eigenvalue weighted by molar-refractivity contribution is -0.154. The third kappa shape index (κ3) is 5.91. The summed E-state index contributed by atoms with van der Waals surface area (Å²) in [6.07, 6.45) is 7.59. The Morgan fingerprint density at radius 2 is 2.00 bits per heavy atom. The van der Waals surface area contributed by atoms with Crippen LogP contribution < -0.4 is 10.9 Å². The van der Waals surface area contributed by atoms with Gasteiger partial charge < -0.3 is 0 Å². The maximum Gasteiger partial charge on any atom is 0.248 e. The van der Waals surface area contributed by atoms with Crippen LogP contribution in [0.3, 0.4) is 0 Å². The van der Waals surface area contributed by atoms with Crippen LogP contribution in [0.25, 0.3) is 0 Å². The molecule has 128 valence electrons. The van der Waals surface area contributed by atoms with Gasteiger partial charge in [0.05, 0.1) is 12.5 Å². The van der Waals surface area contributed by atoms with Gasteiger partial charge in [-0.3, -0.25) is 14.8 Å². The summed E-state index contributed by atoms with van der Waals surface area (Å²) in [6.45, 7) is 3.93. The molecule has 8 nitrogen and oxygen atoms in total. The van der Waals surface area contributed by atoms with Crippen LogP contribution in [0.4, 0.5) is 5.95 Å². The highest BCUT2D eigenvalue weighted by molar-refractivity contribution is 5.92. The molecule has 1 aromatic rings. The van der Waals surface area contributed by atoms with Crippen LogP contribution in [0.15, 0.2) is 12.4 Å². The van der Waals surface area contributed by atoms with E-state index in [0.717, 1.165) is 36.3 Å². The Morgan fingerprint density at radius 1 is 1.35 bits per heavy atom. The third-order valence-corrected chi connectivity index (χ3v) is 3.59. The zero-order chi connectivity index (χ0) is 17.2. The number of anilines is 1. The van der Waals surface area contributed by atoms with Gasteiger partial charge in [0, 0.05) is 12.4 Å². The Morgan fingerprint density at radius 3 is 2.52 bits per heavy atom. The predicted molar refractivity (Wildman–Crippen MR) is 85.3 cm³/mol. The second-order valence-corrected chi connectivity index (χ2v) is 5.37. The van der Waals surface area contributed by atoms with E-state index < -0.39 is 11.8 Å². The smallest absolute Gasteiger partial charge is 0.248 e. The minimum Gasteiger partial charge on any atom is -0.286 e. The van der Waals surface area contributed by atoms with Gasteiger partial charge in [0.1, 0.15) is 0 Å². The molecule has 0 aliphatic carbocycles. The number of rotatable bonds is 10. The number of hydrazine groups is 1. The number of nitrogens with zero attached hydrogens (tertiary/aromatic N) is 4. The summed E-state index contributed by atoms with van der Waals surface area (Å²) in [6, 6.07) is 0. The highest BCUT2D eigenvalue weighted by Gasteiger charge is 2.26. The van der Waals surface area contributed by atoms with Gasteiger partial charge in [-0.25, -0.2) is 25.9 Å². The van der Waals surface area contributed by atoms with E-state index in [1.54, 1.807) is 12.4 Å². The minimum atomic E-state index is -0.601. The number of amides is 2. The molecule has 0 saturated carbocycles. The molecule has 1 heterocycles. The normalized spacial score (nSPS) is 11.8. The number of nitrogens with two attached hydrogens (primary N) is 1. The van der Waals surface area contributed by atoms with Gasteiger partial charge in [-0.1, -0.05) is 33.1 Å². The molecule has 1 atom stereocenters. The number of hydroxylamine groups is 2. The summed E-state index contributed by atoms with van der Waals surface area (Å²) in [7, 11) is 0. The number of aromatic nitrogens is 2. The summed E-state index contributed by atoms with van der Waals surface area (Å²) in [5, 5.41) is 10.7. The fourth-order valence-electron chi connectivity index (χ4n) is 2.15. The molecule has 0 bridgehead atoms. The molecule has 3 N–H and O–H groups in total. The predicted octanol–water partition coefficient (Wildman–Crippen LogP) is 1.29. The molecule has 23 heavy (non-hydrogen) atoms. The average molecular weight is 323 g/mol. The number of hydrogen-bond donors (Lipinski definition) is 2. The van der Waals surface area contributed by atoms with Gasteiger partial charge in [-0.15, -0.1) is 0 Å². The topological polar surface area (TPSA) is 113 Å². The lowest BCUT2D eigenvalue weighted by Gasteiger charge is -2.23. The number of carbonyl (C=O) groups excluding carboxylic acids is 2. The van der Waals surface area contributed by atoms with Crippen molar-refractivity contribution in [2.45, 2.75) is 46.0 Å². The Labute approximate surface area is 136 Å². The lowest BCUT2D eigenvalue weighted by Crippen LogP contribution is -2.45. The molecule has 8 heteroatoms. The number of unbranched alkanes of at least 4 members (excludes halogenated alkanes) is 2. The molecule has 0 unspecified atom stereocenters. The lowest BCUT2D eigenvalue weighted by atomic mass is 10.00. The molecule has 0 fully saturated rings. The van der Waals surface area contributed by atoms with E-state index in [2.05, 4.69) is 16.9 Å². The van der Waals surface area contributed by atoms with Crippen LogP contribution in [-0.4, -0.2) is 39.1 Å². The molecule has 1 aromatic heterocycles. The van der Waals surface area contributed by atoms with E-state index in [0.29, 0.717) is 11.5 Å². The van der Waals surface area contributed by atoms with Crippen LogP contribution in [0.1, 0.15) is 45.1 Å². The van der Waals surface area contributed by atoms with Gasteiger partial charge in [-0.05, 0) is 18.4 Å². The molecular formula is C15H25N5O3.